The molecule has 0 unspecified atom stereocenters. The van der Waals surface area contributed by atoms with Gasteiger partial charge >= 0.3 is 0 Å². The number of sulfonamides is 1. The summed E-state index contributed by atoms with van der Waals surface area (Å²) in [6.07, 6.45) is 1.33. The Morgan fingerprint density at radius 2 is 1.82 bits per heavy atom. The third kappa shape index (κ3) is 6.52. The van der Waals surface area contributed by atoms with Crippen LogP contribution in [-0.2, 0) is 27.1 Å². The first-order chi connectivity index (χ1) is 10.4. The monoisotopic (exact) mass is 328 g/mol. The molecule has 0 aliphatic carbocycles. The zero-order valence-electron chi connectivity index (χ0n) is 12.7. The van der Waals surface area contributed by atoms with E-state index < -0.39 is 22.0 Å². The summed E-state index contributed by atoms with van der Waals surface area (Å²) in [5.41, 5.74) is 12.4. The van der Waals surface area contributed by atoms with Crippen LogP contribution in [0, 0.1) is 0 Å². The molecule has 124 valence electrons. The number of carbonyl (C=O) groups is 1. The van der Waals surface area contributed by atoms with Gasteiger partial charge in [0.2, 0.25) is 15.9 Å². The van der Waals surface area contributed by atoms with Gasteiger partial charge in [0.1, 0.15) is 0 Å². The van der Waals surface area contributed by atoms with E-state index in [1.807, 2.05) is 12.1 Å². The molecular formula is C14H24N4O3S. The minimum absolute atomic E-state index is 0.0579. The van der Waals surface area contributed by atoms with E-state index in [0.717, 1.165) is 12.0 Å². The Labute approximate surface area is 131 Å². The van der Waals surface area contributed by atoms with Gasteiger partial charge in [0.15, 0.2) is 0 Å². The van der Waals surface area contributed by atoms with E-state index in [-0.39, 0.29) is 5.75 Å². The summed E-state index contributed by atoms with van der Waals surface area (Å²) in [7, 11) is -1.88. The number of primary amides is 1. The van der Waals surface area contributed by atoms with E-state index in [2.05, 4.69) is 10.0 Å². The summed E-state index contributed by atoms with van der Waals surface area (Å²) >= 11 is 0. The second-order valence-electron chi connectivity index (χ2n) is 5.05. The van der Waals surface area contributed by atoms with Gasteiger partial charge in [-0.3, -0.25) is 4.79 Å². The molecule has 1 amide bonds. The molecule has 1 rings (SSSR count). The molecule has 0 radical (unpaired) electrons. The van der Waals surface area contributed by atoms with Crippen molar-refractivity contribution in [1.82, 2.24) is 10.0 Å². The van der Waals surface area contributed by atoms with E-state index in [9.17, 15) is 13.2 Å². The first-order valence-electron chi connectivity index (χ1n) is 7.09. The summed E-state index contributed by atoms with van der Waals surface area (Å²) in [6, 6.07) is 6.76. The molecule has 0 saturated heterocycles. The minimum atomic E-state index is -3.27. The van der Waals surface area contributed by atoms with Crippen molar-refractivity contribution in [1.29, 1.82) is 0 Å². The van der Waals surface area contributed by atoms with Crippen molar-refractivity contribution in [2.75, 3.05) is 13.6 Å². The number of hydrogen-bond donors (Lipinski definition) is 4. The fraction of sp³-hybridized carbons (Fsp3) is 0.500. The van der Waals surface area contributed by atoms with Crippen LogP contribution in [0.1, 0.15) is 24.0 Å². The van der Waals surface area contributed by atoms with Crippen molar-refractivity contribution in [3.05, 3.63) is 35.4 Å². The van der Waals surface area contributed by atoms with Crippen LogP contribution in [0.15, 0.2) is 24.3 Å². The lowest BCUT2D eigenvalue weighted by Gasteiger charge is -2.15. The van der Waals surface area contributed by atoms with Crippen molar-refractivity contribution < 1.29 is 13.2 Å². The maximum Gasteiger partial charge on any atom is 0.234 e. The third-order valence-corrected chi connectivity index (χ3v) is 4.62. The molecule has 7 nitrogen and oxygen atoms in total. The average Bonchev–Trinajstić information content (AvgIpc) is 2.48. The van der Waals surface area contributed by atoms with Gasteiger partial charge in [-0.05, 0) is 37.6 Å². The summed E-state index contributed by atoms with van der Waals surface area (Å²) in [5.74, 6) is -0.456. The van der Waals surface area contributed by atoms with Crippen molar-refractivity contribution in [2.24, 2.45) is 11.5 Å². The number of nitrogens with one attached hydrogen (secondary N) is 2. The van der Waals surface area contributed by atoms with Gasteiger partial charge in [0.05, 0.1) is 11.8 Å². The van der Waals surface area contributed by atoms with E-state index in [1.165, 1.54) is 7.05 Å². The number of carbonyl (C=O) groups excluding carboxylic acids is 1. The molecule has 0 fully saturated rings. The van der Waals surface area contributed by atoms with Gasteiger partial charge in [0, 0.05) is 6.54 Å². The second-order valence-corrected chi connectivity index (χ2v) is 6.97. The fourth-order valence-electron chi connectivity index (χ4n) is 1.95. The predicted octanol–water partition coefficient (Wildman–Crippen LogP) is -0.582. The topological polar surface area (TPSA) is 127 Å². The Bertz CT molecular complexity index is 572. The van der Waals surface area contributed by atoms with Crippen molar-refractivity contribution in [2.45, 2.75) is 31.2 Å². The highest BCUT2D eigenvalue weighted by Crippen LogP contribution is 2.08. The highest BCUT2D eigenvalue weighted by molar-refractivity contribution is 7.88. The molecule has 0 aliphatic rings. The van der Waals surface area contributed by atoms with E-state index in [1.54, 1.807) is 12.1 Å². The van der Waals surface area contributed by atoms with Crippen LogP contribution in [0.4, 0.5) is 0 Å². The Balaban J connectivity index is 2.58. The number of amides is 1. The van der Waals surface area contributed by atoms with Crippen LogP contribution in [-0.4, -0.2) is 34.0 Å². The Morgan fingerprint density at radius 1 is 1.23 bits per heavy atom. The van der Waals surface area contributed by atoms with Gasteiger partial charge in [-0.1, -0.05) is 24.3 Å². The molecule has 6 N–H and O–H groups in total. The smallest absolute Gasteiger partial charge is 0.234 e. The van der Waals surface area contributed by atoms with Gasteiger partial charge in [-0.15, -0.1) is 0 Å². The Kier molecular flexibility index (Phi) is 7.46. The molecule has 0 bridgehead atoms. The maximum absolute atomic E-state index is 11.5. The van der Waals surface area contributed by atoms with Crippen LogP contribution in [0.3, 0.4) is 0 Å². The Hall–Kier alpha value is -1.48. The molecule has 0 aromatic heterocycles. The molecular weight excluding hydrogens is 304 g/mol. The van der Waals surface area contributed by atoms with Gasteiger partial charge in [-0.2, -0.15) is 0 Å². The molecule has 0 heterocycles. The van der Waals surface area contributed by atoms with Gasteiger partial charge in [0.25, 0.3) is 0 Å². The fourth-order valence-corrected chi connectivity index (χ4v) is 2.73. The zero-order valence-corrected chi connectivity index (χ0v) is 13.5. The van der Waals surface area contributed by atoms with Crippen LogP contribution in [0.5, 0.6) is 0 Å². The second kappa shape index (κ2) is 8.84. The highest BCUT2D eigenvalue weighted by atomic mass is 32.2. The van der Waals surface area contributed by atoms with Gasteiger partial charge in [-0.25, -0.2) is 13.1 Å². The van der Waals surface area contributed by atoms with Crippen LogP contribution < -0.4 is 21.5 Å². The van der Waals surface area contributed by atoms with Crippen molar-refractivity contribution in [3.8, 4) is 0 Å². The van der Waals surface area contributed by atoms with Crippen LogP contribution >= 0.6 is 0 Å². The zero-order chi connectivity index (χ0) is 16.6. The predicted molar refractivity (Wildman–Crippen MR) is 86.2 cm³/mol. The molecule has 0 aliphatic heterocycles. The normalized spacial score (nSPS) is 13.0. The molecule has 1 aromatic rings. The number of rotatable bonds is 10. The first kappa shape index (κ1) is 18.6. The lowest BCUT2D eigenvalue weighted by molar-refractivity contribution is -0.120. The van der Waals surface area contributed by atoms with Crippen LogP contribution in [0.25, 0.3) is 0 Å². The van der Waals surface area contributed by atoms with Crippen LogP contribution in [0.2, 0.25) is 0 Å². The van der Waals surface area contributed by atoms with Crippen molar-refractivity contribution >= 4 is 15.9 Å². The summed E-state index contributed by atoms with van der Waals surface area (Å²) in [4.78, 5) is 11.3. The van der Waals surface area contributed by atoms with E-state index in [4.69, 9.17) is 11.5 Å². The molecule has 1 aromatic carbocycles. The first-order valence-corrected chi connectivity index (χ1v) is 8.75. The Morgan fingerprint density at radius 3 is 2.32 bits per heavy atom. The lowest BCUT2D eigenvalue weighted by Crippen LogP contribution is -2.41. The lowest BCUT2D eigenvalue weighted by atomic mass is 10.1. The molecule has 22 heavy (non-hydrogen) atoms. The molecule has 0 spiro atoms. The van der Waals surface area contributed by atoms with Crippen molar-refractivity contribution in [3.63, 3.8) is 0 Å². The highest BCUT2D eigenvalue weighted by Gasteiger charge is 2.14. The van der Waals surface area contributed by atoms with E-state index >= 15 is 0 Å². The number of hydrogen-bond acceptors (Lipinski definition) is 5. The summed E-state index contributed by atoms with van der Waals surface area (Å²) in [6.45, 7) is 0.997. The summed E-state index contributed by atoms with van der Waals surface area (Å²) < 4.78 is 25.2. The number of nitrogens with two attached hydrogens (primary N) is 2. The minimum Gasteiger partial charge on any atom is -0.368 e. The largest absolute Gasteiger partial charge is 0.368 e. The molecule has 1 atom stereocenters. The SMILES string of the molecule is CNS(=O)(=O)Cc1ccc(CN[C@@H](CCCN)C(N)=O)cc1. The molecule has 8 heteroatoms. The maximum atomic E-state index is 11.5. The number of benzene rings is 1. The summed E-state index contributed by atoms with van der Waals surface area (Å²) in [5, 5.41) is 3.09. The van der Waals surface area contributed by atoms with E-state index in [0.29, 0.717) is 25.1 Å². The average molecular weight is 328 g/mol. The quantitative estimate of drug-likeness (QED) is 0.457. The third-order valence-electron chi connectivity index (χ3n) is 3.28. The van der Waals surface area contributed by atoms with Gasteiger partial charge < -0.3 is 16.8 Å². The standard InChI is InChI=1S/C14H24N4O3S/c1-17-22(20,21)10-12-6-4-11(5-7-12)9-18-13(14(16)19)3-2-8-15/h4-7,13,17-18H,2-3,8-10,15H2,1H3,(H2,16,19)/t13-/m0/s1. The molecule has 0 saturated carbocycles.